The molecule has 1 N–H and O–H groups in total. The van der Waals surface area contributed by atoms with Crippen LogP contribution in [0, 0.1) is 11.8 Å². The van der Waals surface area contributed by atoms with Crippen molar-refractivity contribution < 1.29 is 27.6 Å². The third-order valence-corrected chi connectivity index (χ3v) is 8.35. The summed E-state index contributed by atoms with van der Waals surface area (Å²) >= 11 is 0. The van der Waals surface area contributed by atoms with E-state index in [1.54, 1.807) is 24.3 Å². The predicted molar refractivity (Wildman–Crippen MR) is 105 cm³/mol. The molecule has 1 aromatic carbocycles. The lowest BCUT2D eigenvalue weighted by Gasteiger charge is -2.33. The third kappa shape index (κ3) is 3.78. The van der Waals surface area contributed by atoms with E-state index in [2.05, 4.69) is 0 Å². The maximum Gasteiger partial charge on any atom is 0.243 e. The van der Waals surface area contributed by atoms with Gasteiger partial charge in [-0.1, -0.05) is 12.8 Å². The third-order valence-electron chi connectivity index (χ3n) is 6.44. The Hall–Kier alpha value is -1.97. The van der Waals surface area contributed by atoms with Gasteiger partial charge in [-0.15, -0.1) is 0 Å². The molecule has 2 atom stereocenters. The summed E-state index contributed by atoms with van der Waals surface area (Å²) in [5.41, 5.74) is 0. The Morgan fingerprint density at radius 1 is 1.00 bits per heavy atom. The molecule has 2 saturated heterocycles. The molecule has 4 rings (SSSR count). The summed E-state index contributed by atoms with van der Waals surface area (Å²) in [5.74, 6) is 0.291. The van der Waals surface area contributed by atoms with Gasteiger partial charge in [0.1, 0.15) is 5.75 Å². The maximum absolute atomic E-state index is 12.9. The van der Waals surface area contributed by atoms with Gasteiger partial charge in [-0.2, -0.15) is 4.31 Å². The van der Waals surface area contributed by atoms with E-state index in [1.807, 2.05) is 0 Å². The highest BCUT2D eigenvalue weighted by molar-refractivity contribution is 7.89. The molecule has 158 valence electrons. The largest absolute Gasteiger partial charge is 0.497 e. The van der Waals surface area contributed by atoms with Gasteiger partial charge >= 0.3 is 0 Å². The fourth-order valence-electron chi connectivity index (χ4n) is 4.71. The minimum atomic E-state index is -3.56. The summed E-state index contributed by atoms with van der Waals surface area (Å²) in [6.45, 7) is 2.23. The number of methoxy groups -OCH3 is 1. The van der Waals surface area contributed by atoms with E-state index in [0.717, 1.165) is 30.6 Å². The molecule has 3 aliphatic rings. The average molecular weight is 423 g/mol. The van der Waals surface area contributed by atoms with Crippen LogP contribution in [0.4, 0.5) is 0 Å². The Bertz CT molecular complexity index is 854. The van der Waals surface area contributed by atoms with Gasteiger partial charge in [-0.25, -0.2) is 13.3 Å². The number of imide groups is 1. The van der Waals surface area contributed by atoms with Gasteiger partial charge in [0.15, 0.2) is 6.67 Å². The Balaban J connectivity index is 1.37. The number of carbonyl (C=O) groups excluding carboxylic acids is 2. The first-order chi connectivity index (χ1) is 13.9. The smallest absolute Gasteiger partial charge is 0.243 e. The van der Waals surface area contributed by atoms with Crippen molar-refractivity contribution >= 4 is 21.8 Å². The second-order valence-electron chi connectivity index (χ2n) is 8.09. The number of likely N-dealkylation sites (tertiary alicyclic amines) is 1. The highest BCUT2D eigenvalue weighted by Crippen LogP contribution is 2.37. The molecule has 0 unspecified atom stereocenters. The summed E-state index contributed by atoms with van der Waals surface area (Å²) < 4.78 is 32.3. The first-order valence-electron chi connectivity index (χ1n) is 10.2. The predicted octanol–water partition coefficient (Wildman–Crippen LogP) is -0.283. The number of amides is 2. The zero-order valence-electron chi connectivity index (χ0n) is 16.7. The van der Waals surface area contributed by atoms with Gasteiger partial charge < -0.3 is 9.64 Å². The number of carbonyl (C=O) groups is 2. The van der Waals surface area contributed by atoms with Crippen LogP contribution in [0.1, 0.15) is 25.7 Å². The molecule has 1 saturated carbocycles. The van der Waals surface area contributed by atoms with Gasteiger partial charge in [0.2, 0.25) is 21.8 Å². The number of nitrogens with zero attached hydrogens (tertiary/aromatic N) is 2. The molecule has 1 aromatic rings. The fourth-order valence-corrected chi connectivity index (χ4v) is 6.15. The lowest BCUT2D eigenvalue weighted by Crippen LogP contribution is -3.16. The molecule has 2 aliphatic heterocycles. The molecule has 3 fully saturated rings. The minimum Gasteiger partial charge on any atom is -0.497 e. The Kier molecular flexibility index (Phi) is 5.63. The lowest BCUT2D eigenvalue weighted by molar-refractivity contribution is -0.910. The van der Waals surface area contributed by atoms with Gasteiger partial charge in [0.05, 0.1) is 50.0 Å². The van der Waals surface area contributed by atoms with Crippen LogP contribution in [0.3, 0.4) is 0 Å². The van der Waals surface area contributed by atoms with Gasteiger partial charge in [0.25, 0.3) is 0 Å². The number of hydrogen-bond acceptors (Lipinski definition) is 5. The number of quaternary nitrogens is 1. The second kappa shape index (κ2) is 8.04. The molecule has 2 amide bonds. The monoisotopic (exact) mass is 422 g/mol. The molecule has 9 heteroatoms. The van der Waals surface area contributed by atoms with Crippen molar-refractivity contribution in [3.05, 3.63) is 24.3 Å². The summed E-state index contributed by atoms with van der Waals surface area (Å²) in [6, 6.07) is 6.38. The van der Waals surface area contributed by atoms with Gasteiger partial charge in [-0.05, 0) is 37.1 Å². The number of nitrogens with one attached hydrogen (secondary N) is 1. The van der Waals surface area contributed by atoms with Gasteiger partial charge in [0, 0.05) is 0 Å². The maximum atomic E-state index is 12.9. The first kappa shape index (κ1) is 20.3. The van der Waals surface area contributed by atoms with Crippen molar-refractivity contribution in [2.24, 2.45) is 11.8 Å². The zero-order valence-corrected chi connectivity index (χ0v) is 17.5. The SMILES string of the molecule is COc1ccc(S(=O)(=O)N2CC[NH+](CN3C(=O)[C@H]4CCCC[C@@H]4C3=O)CC2)cc1. The number of hydrogen-bond donors (Lipinski definition) is 1. The number of sulfonamides is 1. The Labute approximate surface area is 171 Å². The summed E-state index contributed by atoms with van der Waals surface area (Å²) in [5, 5.41) is 0. The Morgan fingerprint density at radius 3 is 2.07 bits per heavy atom. The normalized spacial score (nSPS) is 26.6. The molecule has 29 heavy (non-hydrogen) atoms. The van der Waals surface area contributed by atoms with E-state index in [1.165, 1.54) is 16.3 Å². The van der Waals surface area contributed by atoms with Crippen LogP contribution < -0.4 is 9.64 Å². The van der Waals surface area contributed by atoms with Crippen molar-refractivity contribution in [1.29, 1.82) is 0 Å². The van der Waals surface area contributed by atoms with Crippen molar-refractivity contribution in [2.45, 2.75) is 30.6 Å². The van der Waals surface area contributed by atoms with Crippen LogP contribution in [-0.2, 0) is 19.6 Å². The number of ether oxygens (including phenoxy) is 1. The topological polar surface area (TPSA) is 88.4 Å². The summed E-state index contributed by atoms with van der Waals surface area (Å²) in [6.07, 6.45) is 3.66. The van der Waals surface area contributed by atoms with Crippen LogP contribution in [0.5, 0.6) is 5.75 Å². The highest BCUT2D eigenvalue weighted by atomic mass is 32.2. The molecule has 0 aromatic heterocycles. The standard InChI is InChI=1S/C20H27N3O5S/c1-28-15-6-8-16(9-7-15)29(26,27)22-12-10-21(11-13-22)14-23-19(24)17-4-2-3-5-18(17)20(23)25/h6-9,17-18H,2-5,10-14H2,1H3/p+1/t17-,18-/m0/s1. The van der Waals surface area contributed by atoms with Crippen molar-refractivity contribution in [3.8, 4) is 5.75 Å². The van der Waals surface area contributed by atoms with Gasteiger partial charge in [-0.3, -0.25) is 9.59 Å². The average Bonchev–Trinajstić information content (AvgIpc) is 2.99. The van der Waals surface area contributed by atoms with E-state index < -0.39 is 10.0 Å². The molecule has 2 heterocycles. The molecule has 8 nitrogen and oxygen atoms in total. The number of benzene rings is 1. The number of fused-ring (bicyclic) bond motifs is 1. The summed E-state index contributed by atoms with van der Waals surface area (Å²) in [4.78, 5) is 28.1. The lowest BCUT2D eigenvalue weighted by atomic mass is 9.81. The van der Waals surface area contributed by atoms with Crippen LogP contribution in [0.25, 0.3) is 0 Å². The van der Waals surface area contributed by atoms with Crippen molar-refractivity contribution in [1.82, 2.24) is 9.21 Å². The second-order valence-corrected chi connectivity index (χ2v) is 10.0. The molecule has 0 radical (unpaired) electrons. The number of piperazine rings is 1. The number of rotatable bonds is 5. The summed E-state index contributed by atoms with van der Waals surface area (Å²) in [7, 11) is -2.02. The van der Waals surface area contributed by atoms with E-state index in [-0.39, 0.29) is 28.5 Å². The van der Waals surface area contributed by atoms with Crippen LogP contribution in [0.2, 0.25) is 0 Å². The Morgan fingerprint density at radius 2 is 1.55 bits per heavy atom. The van der Waals surface area contributed by atoms with E-state index in [4.69, 9.17) is 4.74 Å². The molecular weight excluding hydrogens is 394 g/mol. The van der Waals surface area contributed by atoms with E-state index >= 15 is 0 Å². The molecular formula is C20H28N3O5S+. The first-order valence-corrected chi connectivity index (χ1v) is 11.7. The van der Waals surface area contributed by atoms with Crippen molar-refractivity contribution in [3.63, 3.8) is 0 Å². The van der Waals surface area contributed by atoms with Crippen LogP contribution >= 0.6 is 0 Å². The fraction of sp³-hybridized carbons (Fsp3) is 0.600. The molecule has 0 spiro atoms. The molecule has 1 aliphatic carbocycles. The quantitative estimate of drug-likeness (QED) is 0.660. The van der Waals surface area contributed by atoms with E-state index in [9.17, 15) is 18.0 Å². The van der Waals surface area contributed by atoms with Crippen LogP contribution in [-0.4, -0.2) is 69.4 Å². The highest BCUT2D eigenvalue weighted by Gasteiger charge is 2.49. The van der Waals surface area contributed by atoms with Crippen LogP contribution in [0.15, 0.2) is 29.2 Å². The van der Waals surface area contributed by atoms with Crippen molar-refractivity contribution in [2.75, 3.05) is 40.0 Å². The zero-order chi connectivity index (χ0) is 20.6. The minimum absolute atomic E-state index is 0.0273. The van der Waals surface area contributed by atoms with E-state index in [0.29, 0.717) is 38.6 Å². The molecule has 0 bridgehead atoms.